The molecule has 21 heavy (non-hydrogen) atoms. The van der Waals surface area contributed by atoms with Gasteiger partial charge in [-0.05, 0) is 36.4 Å². The van der Waals surface area contributed by atoms with Crippen molar-refractivity contribution in [2.45, 2.75) is 13.3 Å². The fourth-order valence-electron chi connectivity index (χ4n) is 1.79. The molecule has 2 aromatic carbocycles. The molecule has 2 aromatic rings. The van der Waals surface area contributed by atoms with Gasteiger partial charge in [-0.1, -0.05) is 19.1 Å². The van der Waals surface area contributed by atoms with Gasteiger partial charge in [0, 0.05) is 23.5 Å². The van der Waals surface area contributed by atoms with E-state index in [4.69, 9.17) is 5.73 Å². The Kier molecular flexibility index (Phi) is 4.56. The van der Waals surface area contributed by atoms with Gasteiger partial charge in [0.25, 0.3) is 5.91 Å². The Morgan fingerprint density at radius 2 is 1.52 bits per heavy atom. The molecule has 0 atom stereocenters. The summed E-state index contributed by atoms with van der Waals surface area (Å²) >= 11 is 0. The normalized spacial score (nSPS) is 9.95. The maximum Gasteiger partial charge on any atom is 0.257 e. The summed E-state index contributed by atoms with van der Waals surface area (Å²) in [5, 5.41) is 5.50. The molecule has 0 saturated heterocycles. The number of rotatable bonds is 4. The van der Waals surface area contributed by atoms with Crippen LogP contribution in [-0.4, -0.2) is 11.8 Å². The van der Waals surface area contributed by atoms with Crippen molar-refractivity contribution >= 4 is 28.9 Å². The fraction of sp³-hybridized carbons (Fsp3) is 0.125. The van der Waals surface area contributed by atoms with Gasteiger partial charge in [0.1, 0.15) is 0 Å². The number of benzene rings is 2. The highest BCUT2D eigenvalue weighted by molar-refractivity contribution is 6.07. The quantitative estimate of drug-likeness (QED) is 0.754. The maximum absolute atomic E-state index is 12.1. The van der Waals surface area contributed by atoms with Gasteiger partial charge >= 0.3 is 0 Å². The predicted molar refractivity (Wildman–Crippen MR) is 84.2 cm³/mol. The molecule has 2 amide bonds. The Bertz CT molecular complexity index is 651. The van der Waals surface area contributed by atoms with Crippen molar-refractivity contribution in [1.82, 2.24) is 0 Å². The summed E-state index contributed by atoms with van der Waals surface area (Å²) in [7, 11) is 0. The number of nitrogen functional groups attached to an aromatic ring is 1. The van der Waals surface area contributed by atoms with E-state index in [1.165, 1.54) is 0 Å². The SMILES string of the molecule is CCC(=O)Nc1ccc(NC(=O)c2ccccc2N)cc1. The van der Waals surface area contributed by atoms with E-state index in [1.807, 2.05) is 0 Å². The highest BCUT2D eigenvalue weighted by Crippen LogP contribution is 2.17. The van der Waals surface area contributed by atoms with Crippen molar-refractivity contribution < 1.29 is 9.59 Å². The van der Waals surface area contributed by atoms with E-state index in [1.54, 1.807) is 55.5 Å². The summed E-state index contributed by atoms with van der Waals surface area (Å²) in [6.07, 6.45) is 0.422. The second-order valence-electron chi connectivity index (χ2n) is 4.52. The number of hydrogen-bond donors (Lipinski definition) is 3. The molecule has 5 nitrogen and oxygen atoms in total. The molecule has 0 aliphatic rings. The van der Waals surface area contributed by atoms with Crippen molar-refractivity contribution in [3.63, 3.8) is 0 Å². The smallest absolute Gasteiger partial charge is 0.257 e. The van der Waals surface area contributed by atoms with Crippen LogP contribution in [0.15, 0.2) is 48.5 Å². The number of nitrogens with two attached hydrogens (primary N) is 1. The first-order chi connectivity index (χ1) is 10.1. The molecule has 0 radical (unpaired) electrons. The van der Waals surface area contributed by atoms with Gasteiger partial charge in [0.2, 0.25) is 5.91 Å². The van der Waals surface area contributed by atoms with Crippen molar-refractivity contribution in [3.05, 3.63) is 54.1 Å². The number of carbonyl (C=O) groups is 2. The highest BCUT2D eigenvalue weighted by Gasteiger charge is 2.09. The second kappa shape index (κ2) is 6.56. The first kappa shape index (κ1) is 14.6. The number of nitrogens with one attached hydrogen (secondary N) is 2. The van der Waals surface area contributed by atoms with E-state index in [0.717, 1.165) is 0 Å². The molecule has 0 aliphatic carbocycles. The number of para-hydroxylation sites is 1. The summed E-state index contributed by atoms with van der Waals surface area (Å²) < 4.78 is 0. The average Bonchev–Trinajstić information content (AvgIpc) is 2.49. The molecular weight excluding hydrogens is 266 g/mol. The summed E-state index contributed by atoms with van der Waals surface area (Å²) in [6, 6.07) is 13.8. The molecule has 0 spiro atoms. The Hall–Kier alpha value is -2.82. The maximum atomic E-state index is 12.1. The van der Waals surface area contributed by atoms with Gasteiger partial charge < -0.3 is 16.4 Å². The summed E-state index contributed by atoms with van der Waals surface area (Å²) in [5.41, 5.74) is 7.96. The predicted octanol–water partition coefficient (Wildman–Crippen LogP) is 2.87. The molecule has 0 aromatic heterocycles. The van der Waals surface area contributed by atoms with Crippen LogP contribution in [0.3, 0.4) is 0 Å². The molecule has 0 bridgehead atoms. The Morgan fingerprint density at radius 3 is 2.10 bits per heavy atom. The highest BCUT2D eigenvalue weighted by atomic mass is 16.2. The first-order valence-electron chi connectivity index (χ1n) is 6.66. The molecule has 0 aliphatic heterocycles. The zero-order chi connectivity index (χ0) is 15.2. The lowest BCUT2D eigenvalue weighted by molar-refractivity contribution is -0.115. The van der Waals surface area contributed by atoms with E-state index in [0.29, 0.717) is 29.0 Å². The van der Waals surface area contributed by atoms with Crippen molar-refractivity contribution in [1.29, 1.82) is 0 Å². The van der Waals surface area contributed by atoms with E-state index in [9.17, 15) is 9.59 Å². The average molecular weight is 283 g/mol. The number of hydrogen-bond acceptors (Lipinski definition) is 3. The minimum Gasteiger partial charge on any atom is -0.398 e. The molecular formula is C16H17N3O2. The molecule has 108 valence electrons. The van der Waals surface area contributed by atoms with Crippen LogP contribution in [0, 0.1) is 0 Å². The van der Waals surface area contributed by atoms with Crippen molar-refractivity contribution in [3.8, 4) is 0 Å². The molecule has 2 rings (SSSR count). The Labute approximate surface area is 123 Å². The topological polar surface area (TPSA) is 84.2 Å². The number of anilines is 3. The molecule has 0 saturated carbocycles. The van der Waals surface area contributed by atoms with Gasteiger partial charge in [-0.15, -0.1) is 0 Å². The lowest BCUT2D eigenvalue weighted by Crippen LogP contribution is -2.14. The van der Waals surface area contributed by atoms with Crippen LogP contribution in [-0.2, 0) is 4.79 Å². The third-order valence-electron chi connectivity index (χ3n) is 2.95. The number of carbonyl (C=O) groups excluding carboxylic acids is 2. The third-order valence-corrected chi connectivity index (χ3v) is 2.95. The van der Waals surface area contributed by atoms with Gasteiger partial charge in [-0.25, -0.2) is 0 Å². The lowest BCUT2D eigenvalue weighted by Gasteiger charge is -2.08. The Morgan fingerprint density at radius 1 is 0.952 bits per heavy atom. The molecule has 5 heteroatoms. The molecule has 4 N–H and O–H groups in total. The van der Waals surface area contributed by atoms with Gasteiger partial charge in [-0.2, -0.15) is 0 Å². The minimum atomic E-state index is -0.265. The third kappa shape index (κ3) is 3.82. The second-order valence-corrected chi connectivity index (χ2v) is 4.52. The van der Waals surface area contributed by atoms with Crippen LogP contribution in [0.2, 0.25) is 0 Å². The first-order valence-corrected chi connectivity index (χ1v) is 6.66. The van der Waals surface area contributed by atoms with Crippen LogP contribution in [0.1, 0.15) is 23.7 Å². The van der Waals surface area contributed by atoms with E-state index in [2.05, 4.69) is 10.6 Å². The fourth-order valence-corrected chi connectivity index (χ4v) is 1.79. The van der Waals surface area contributed by atoms with Gasteiger partial charge in [0.05, 0.1) is 5.56 Å². The lowest BCUT2D eigenvalue weighted by atomic mass is 10.1. The van der Waals surface area contributed by atoms with Crippen molar-refractivity contribution in [2.24, 2.45) is 0 Å². The molecule has 0 unspecified atom stereocenters. The van der Waals surface area contributed by atoms with Crippen LogP contribution >= 0.6 is 0 Å². The zero-order valence-electron chi connectivity index (χ0n) is 11.7. The standard InChI is InChI=1S/C16H17N3O2/c1-2-15(20)18-11-7-9-12(10-8-11)19-16(21)13-5-3-4-6-14(13)17/h3-10H,2,17H2,1H3,(H,18,20)(H,19,21). The number of amides is 2. The van der Waals surface area contributed by atoms with E-state index >= 15 is 0 Å². The van der Waals surface area contributed by atoms with E-state index < -0.39 is 0 Å². The summed E-state index contributed by atoms with van der Waals surface area (Å²) in [6.45, 7) is 1.79. The van der Waals surface area contributed by atoms with E-state index in [-0.39, 0.29) is 11.8 Å². The van der Waals surface area contributed by atoms with Crippen LogP contribution in [0.5, 0.6) is 0 Å². The monoisotopic (exact) mass is 283 g/mol. The van der Waals surface area contributed by atoms with Crippen LogP contribution < -0.4 is 16.4 Å². The van der Waals surface area contributed by atoms with Crippen LogP contribution in [0.25, 0.3) is 0 Å². The molecule has 0 fully saturated rings. The largest absolute Gasteiger partial charge is 0.398 e. The summed E-state index contributed by atoms with van der Waals surface area (Å²) in [4.78, 5) is 23.4. The van der Waals surface area contributed by atoms with Gasteiger partial charge in [0.15, 0.2) is 0 Å². The van der Waals surface area contributed by atoms with Crippen LogP contribution in [0.4, 0.5) is 17.1 Å². The summed E-state index contributed by atoms with van der Waals surface area (Å²) in [5.74, 6) is -0.317. The Balaban J connectivity index is 2.05. The van der Waals surface area contributed by atoms with Crippen molar-refractivity contribution in [2.75, 3.05) is 16.4 Å². The van der Waals surface area contributed by atoms with Gasteiger partial charge in [-0.3, -0.25) is 9.59 Å². The zero-order valence-corrected chi connectivity index (χ0v) is 11.7. The minimum absolute atomic E-state index is 0.0520. The molecule has 0 heterocycles.